The van der Waals surface area contributed by atoms with Gasteiger partial charge in [-0.3, -0.25) is 9.78 Å². The molecule has 0 radical (unpaired) electrons. The SMILES string of the molecule is CNC(=O)c1ccn(-c2ccc(C(N)=S)nc2)n1. The molecule has 2 aromatic heterocycles. The predicted octanol–water partition coefficient (Wildman–Crippen LogP) is 0.261. The van der Waals surface area contributed by atoms with Crippen LogP contribution in [0, 0.1) is 0 Å². The van der Waals surface area contributed by atoms with Crippen LogP contribution < -0.4 is 11.1 Å². The van der Waals surface area contributed by atoms with Crippen molar-refractivity contribution in [3.63, 3.8) is 0 Å². The van der Waals surface area contributed by atoms with Gasteiger partial charge in [0.2, 0.25) is 0 Å². The van der Waals surface area contributed by atoms with Gasteiger partial charge in [0.15, 0.2) is 5.69 Å². The number of carbonyl (C=O) groups excluding carboxylic acids is 1. The summed E-state index contributed by atoms with van der Waals surface area (Å²) in [6.45, 7) is 0. The van der Waals surface area contributed by atoms with Crippen molar-refractivity contribution < 1.29 is 4.79 Å². The molecule has 0 aromatic carbocycles. The number of nitrogens with zero attached hydrogens (tertiary/aromatic N) is 3. The van der Waals surface area contributed by atoms with Gasteiger partial charge in [0, 0.05) is 13.2 Å². The zero-order chi connectivity index (χ0) is 13.1. The van der Waals surface area contributed by atoms with E-state index < -0.39 is 0 Å². The number of nitrogens with one attached hydrogen (secondary N) is 1. The minimum Gasteiger partial charge on any atom is -0.388 e. The fourth-order valence-electron chi connectivity index (χ4n) is 1.38. The Morgan fingerprint density at radius 1 is 1.39 bits per heavy atom. The summed E-state index contributed by atoms with van der Waals surface area (Å²) in [7, 11) is 1.56. The molecule has 0 aliphatic carbocycles. The topological polar surface area (TPSA) is 85.8 Å². The fraction of sp³-hybridized carbons (Fsp3) is 0.0909. The van der Waals surface area contributed by atoms with Crippen LogP contribution in [0.15, 0.2) is 30.6 Å². The summed E-state index contributed by atoms with van der Waals surface area (Å²) in [5, 5.41) is 6.63. The maximum absolute atomic E-state index is 11.4. The van der Waals surface area contributed by atoms with Crippen molar-refractivity contribution >= 4 is 23.1 Å². The second-order valence-corrected chi connectivity index (χ2v) is 3.93. The number of carbonyl (C=O) groups is 1. The molecule has 2 rings (SSSR count). The van der Waals surface area contributed by atoms with Crippen LogP contribution in [0.5, 0.6) is 0 Å². The molecule has 0 fully saturated rings. The molecule has 0 unspecified atom stereocenters. The molecule has 6 nitrogen and oxygen atoms in total. The number of pyridine rings is 1. The molecule has 2 heterocycles. The van der Waals surface area contributed by atoms with E-state index in [0.717, 1.165) is 5.69 Å². The molecule has 0 saturated carbocycles. The first-order chi connectivity index (χ1) is 8.61. The lowest BCUT2D eigenvalue weighted by Gasteiger charge is -2.02. The summed E-state index contributed by atoms with van der Waals surface area (Å²) in [5.41, 5.74) is 7.08. The molecule has 0 aliphatic heterocycles. The van der Waals surface area contributed by atoms with E-state index in [1.165, 1.54) is 0 Å². The predicted molar refractivity (Wildman–Crippen MR) is 70.6 cm³/mol. The average molecular weight is 261 g/mol. The highest BCUT2D eigenvalue weighted by Crippen LogP contribution is 2.07. The van der Waals surface area contributed by atoms with Crippen LogP contribution in [0.25, 0.3) is 5.69 Å². The van der Waals surface area contributed by atoms with Crippen LogP contribution in [0.1, 0.15) is 16.2 Å². The molecule has 3 N–H and O–H groups in total. The fourth-order valence-corrected chi connectivity index (χ4v) is 1.50. The quantitative estimate of drug-likeness (QED) is 0.774. The van der Waals surface area contributed by atoms with Gasteiger partial charge in [0.1, 0.15) is 4.99 Å². The van der Waals surface area contributed by atoms with Gasteiger partial charge in [-0.05, 0) is 18.2 Å². The summed E-state index contributed by atoms with van der Waals surface area (Å²) in [6, 6.07) is 5.11. The monoisotopic (exact) mass is 261 g/mol. The lowest BCUT2D eigenvalue weighted by atomic mass is 10.3. The molecule has 0 aliphatic rings. The first kappa shape index (κ1) is 12.2. The zero-order valence-corrected chi connectivity index (χ0v) is 10.4. The van der Waals surface area contributed by atoms with E-state index >= 15 is 0 Å². The van der Waals surface area contributed by atoms with Crippen LogP contribution >= 0.6 is 12.2 Å². The lowest BCUT2D eigenvalue weighted by Crippen LogP contribution is -2.18. The van der Waals surface area contributed by atoms with Gasteiger partial charge in [-0.15, -0.1) is 0 Å². The summed E-state index contributed by atoms with van der Waals surface area (Å²) < 4.78 is 1.56. The maximum atomic E-state index is 11.4. The van der Waals surface area contributed by atoms with Gasteiger partial charge in [-0.1, -0.05) is 12.2 Å². The Bertz CT molecular complexity index is 590. The van der Waals surface area contributed by atoms with E-state index in [-0.39, 0.29) is 10.9 Å². The molecule has 0 atom stereocenters. The molecule has 0 saturated heterocycles. The molecule has 0 bridgehead atoms. The standard InChI is InChI=1S/C11H11N5OS/c1-13-11(17)9-4-5-16(15-9)7-2-3-8(10(12)18)14-6-7/h2-6H,1H3,(H2,12,18)(H,13,17). The number of thiocarbonyl (C=S) groups is 1. The normalized spacial score (nSPS) is 10.1. The van der Waals surface area contributed by atoms with Crippen molar-refractivity contribution in [2.75, 3.05) is 7.05 Å². The summed E-state index contributed by atoms with van der Waals surface area (Å²) in [5.74, 6) is -0.235. The van der Waals surface area contributed by atoms with Crippen molar-refractivity contribution in [3.8, 4) is 5.69 Å². The minimum absolute atomic E-state index is 0.235. The summed E-state index contributed by atoms with van der Waals surface area (Å²) in [6.07, 6.45) is 3.27. The Hall–Kier alpha value is -2.28. The number of hydrogen-bond acceptors (Lipinski definition) is 4. The highest BCUT2D eigenvalue weighted by molar-refractivity contribution is 7.80. The van der Waals surface area contributed by atoms with Crippen molar-refractivity contribution in [1.82, 2.24) is 20.1 Å². The Balaban J connectivity index is 2.29. The minimum atomic E-state index is -0.235. The van der Waals surface area contributed by atoms with Gasteiger partial charge in [0.25, 0.3) is 5.91 Å². The lowest BCUT2D eigenvalue weighted by molar-refractivity contribution is 0.0957. The smallest absolute Gasteiger partial charge is 0.271 e. The number of aromatic nitrogens is 3. The first-order valence-corrected chi connectivity index (χ1v) is 5.56. The van der Waals surface area contributed by atoms with E-state index in [4.69, 9.17) is 18.0 Å². The first-order valence-electron chi connectivity index (χ1n) is 5.16. The number of nitrogens with two attached hydrogens (primary N) is 1. The third-order valence-electron chi connectivity index (χ3n) is 2.31. The van der Waals surface area contributed by atoms with E-state index in [1.807, 2.05) is 0 Å². The largest absolute Gasteiger partial charge is 0.388 e. The summed E-state index contributed by atoms with van der Waals surface area (Å²) >= 11 is 4.82. The Kier molecular flexibility index (Phi) is 3.33. The van der Waals surface area contributed by atoms with Gasteiger partial charge >= 0.3 is 0 Å². The average Bonchev–Trinajstić information content (AvgIpc) is 2.87. The van der Waals surface area contributed by atoms with E-state index in [1.54, 1.807) is 42.3 Å². The highest BCUT2D eigenvalue weighted by atomic mass is 32.1. The van der Waals surface area contributed by atoms with E-state index in [0.29, 0.717) is 11.4 Å². The van der Waals surface area contributed by atoms with E-state index in [9.17, 15) is 4.79 Å². The van der Waals surface area contributed by atoms with Crippen molar-refractivity contribution in [2.45, 2.75) is 0 Å². The third-order valence-corrected chi connectivity index (χ3v) is 2.52. The highest BCUT2D eigenvalue weighted by Gasteiger charge is 2.08. The van der Waals surface area contributed by atoms with Gasteiger partial charge < -0.3 is 11.1 Å². The Morgan fingerprint density at radius 3 is 2.72 bits per heavy atom. The molecular formula is C11H11N5OS. The van der Waals surface area contributed by atoms with Crippen LogP contribution in [0.3, 0.4) is 0 Å². The molecule has 18 heavy (non-hydrogen) atoms. The second kappa shape index (κ2) is 4.92. The van der Waals surface area contributed by atoms with Crippen molar-refractivity contribution in [2.24, 2.45) is 5.73 Å². The Morgan fingerprint density at radius 2 is 2.17 bits per heavy atom. The van der Waals surface area contributed by atoms with Crippen LogP contribution in [-0.2, 0) is 0 Å². The van der Waals surface area contributed by atoms with Gasteiger partial charge in [-0.2, -0.15) is 5.10 Å². The molecule has 1 amide bonds. The zero-order valence-electron chi connectivity index (χ0n) is 9.62. The van der Waals surface area contributed by atoms with Crippen LogP contribution in [0.4, 0.5) is 0 Å². The molecule has 92 valence electrons. The van der Waals surface area contributed by atoms with Gasteiger partial charge in [0.05, 0.1) is 17.6 Å². The van der Waals surface area contributed by atoms with Crippen molar-refractivity contribution in [1.29, 1.82) is 0 Å². The number of hydrogen-bond donors (Lipinski definition) is 2. The van der Waals surface area contributed by atoms with Crippen LogP contribution in [-0.4, -0.2) is 32.7 Å². The van der Waals surface area contributed by atoms with Crippen molar-refractivity contribution in [3.05, 3.63) is 42.0 Å². The maximum Gasteiger partial charge on any atom is 0.271 e. The van der Waals surface area contributed by atoms with E-state index in [2.05, 4.69) is 15.4 Å². The summed E-state index contributed by atoms with van der Waals surface area (Å²) in [4.78, 5) is 15.7. The molecular weight excluding hydrogens is 250 g/mol. The third kappa shape index (κ3) is 2.35. The second-order valence-electron chi connectivity index (χ2n) is 3.49. The Labute approximate surface area is 109 Å². The molecule has 2 aromatic rings. The number of rotatable bonds is 3. The molecule has 0 spiro atoms. The molecule has 7 heteroatoms. The van der Waals surface area contributed by atoms with Crippen LogP contribution in [0.2, 0.25) is 0 Å². The number of amides is 1. The van der Waals surface area contributed by atoms with Gasteiger partial charge in [-0.25, -0.2) is 4.68 Å².